The Morgan fingerprint density at radius 1 is 1.50 bits per heavy atom. The Morgan fingerprint density at radius 3 is 2.29 bits per heavy atom. The van der Waals surface area contributed by atoms with Crippen molar-refractivity contribution in [2.45, 2.75) is 6.42 Å². The van der Waals surface area contributed by atoms with Crippen molar-refractivity contribution in [3.8, 4) is 0 Å². The number of carbonyl (C=O) groups excluding carboxylic acids is 2. The molecule has 78 valence electrons. The second-order valence-electron chi connectivity index (χ2n) is 2.80. The van der Waals surface area contributed by atoms with Crippen LogP contribution < -0.4 is 0 Å². The summed E-state index contributed by atoms with van der Waals surface area (Å²) in [6.45, 7) is 7.05. The average Bonchev–Trinajstić information content (AvgIpc) is 2.24. The predicted octanol–water partition coefficient (Wildman–Crippen LogP) is 0.954. The first kappa shape index (κ1) is 12.6. The molecule has 0 aromatic heterocycles. The molecule has 0 spiro atoms. The first-order chi connectivity index (χ1) is 6.57. The first-order valence-electron chi connectivity index (χ1n) is 4.11. The Bertz CT molecular complexity index is 240. The van der Waals surface area contributed by atoms with Crippen LogP contribution in [0.5, 0.6) is 0 Å². The lowest BCUT2D eigenvalue weighted by atomic mass is 9.84. The van der Waals surface area contributed by atoms with E-state index in [0.717, 1.165) is 5.06 Å². The summed E-state index contributed by atoms with van der Waals surface area (Å²) in [5, 5.41) is 1.05. The molecule has 1 amide bonds. The van der Waals surface area contributed by atoms with Crippen LogP contribution in [-0.4, -0.2) is 31.4 Å². The minimum atomic E-state index is -1.06. The summed E-state index contributed by atoms with van der Waals surface area (Å²) in [7, 11) is 2.84. The van der Waals surface area contributed by atoms with Crippen LogP contribution in [0, 0.1) is 5.41 Å². The molecule has 0 aliphatic heterocycles. The standard InChI is InChI=1S/C10H15NO3/c1-5-10(6-2,7-8-12)9(13)11(3)14-4/h5-6,8H,1-2,7H2,3-4H3. The second-order valence-corrected chi connectivity index (χ2v) is 2.80. The van der Waals surface area contributed by atoms with Crippen molar-refractivity contribution in [3.05, 3.63) is 25.3 Å². The summed E-state index contributed by atoms with van der Waals surface area (Å²) >= 11 is 0. The molecule has 4 nitrogen and oxygen atoms in total. The van der Waals surface area contributed by atoms with E-state index in [2.05, 4.69) is 13.2 Å². The van der Waals surface area contributed by atoms with Gasteiger partial charge in [-0.05, 0) is 0 Å². The van der Waals surface area contributed by atoms with Gasteiger partial charge in [-0.25, -0.2) is 5.06 Å². The predicted molar refractivity (Wildman–Crippen MR) is 53.3 cm³/mol. The molecular formula is C10H15NO3. The third-order valence-electron chi connectivity index (χ3n) is 2.11. The molecule has 0 aromatic carbocycles. The fourth-order valence-corrected chi connectivity index (χ4v) is 1.03. The average molecular weight is 197 g/mol. The number of aldehydes is 1. The lowest BCUT2D eigenvalue weighted by Gasteiger charge is -2.27. The third kappa shape index (κ3) is 2.29. The van der Waals surface area contributed by atoms with E-state index in [4.69, 9.17) is 4.84 Å². The summed E-state index contributed by atoms with van der Waals surface area (Å²) < 4.78 is 0. The Hall–Kier alpha value is -1.42. The van der Waals surface area contributed by atoms with Gasteiger partial charge < -0.3 is 4.79 Å². The molecule has 0 aliphatic carbocycles. The van der Waals surface area contributed by atoms with Crippen molar-refractivity contribution in [2.24, 2.45) is 5.41 Å². The fraction of sp³-hybridized carbons (Fsp3) is 0.400. The largest absolute Gasteiger partial charge is 0.303 e. The van der Waals surface area contributed by atoms with Crippen LogP contribution in [0.15, 0.2) is 25.3 Å². The zero-order valence-corrected chi connectivity index (χ0v) is 8.53. The van der Waals surface area contributed by atoms with E-state index in [0.29, 0.717) is 6.29 Å². The maximum absolute atomic E-state index is 11.7. The van der Waals surface area contributed by atoms with E-state index in [1.165, 1.54) is 26.3 Å². The summed E-state index contributed by atoms with van der Waals surface area (Å²) in [4.78, 5) is 26.9. The van der Waals surface area contributed by atoms with E-state index in [-0.39, 0.29) is 12.3 Å². The molecule has 0 aromatic rings. The van der Waals surface area contributed by atoms with E-state index >= 15 is 0 Å². The lowest BCUT2D eigenvalue weighted by molar-refractivity contribution is -0.175. The molecule has 4 heteroatoms. The first-order valence-corrected chi connectivity index (χ1v) is 4.11. The molecule has 0 radical (unpaired) electrons. The van der Waals surface area contributed by atoms with Crippen LogP contribution in [0.3, 0.4) is 0 Å². The SMILES string of the molecule is C=CC(C=C)(CC=O)C(=O)N(C)OC. The maximum Gasteiger partial charge on any atom is 0.260 e. The van der Waals surface area contributed by atoms with Gasteiger partial charge in [-0.15, -0.1) is 13.2 Å². The van der Waals surface area contributed by atoms with Gasteiger partial charge in [0.05, 0.1) is 12.5 Å². The van der Waals surface area contributed by atoms with Crippen LogP contribution in [0.4, 0.5) is 0 Å². The summed E-state index contributed by atoms with van der Waals surface area (Å²) in [6, 6.07) is 0. The highest BCUT2D eigenvalue weighted by molar-refractivity contribution is 5.88. The highest BCUT2D eigenvalue weighted by atomic mass is 16.7. The molecule has 0 saturated carbocycles. The van der Waals surface area contributed by atoms with Gasteiger partial charge in [0.25, 0.3) is 5.91 Å². The van der Waals surface area contributed by atoms with Crippen LogP contribution in [-0.2, 0) is 14.4 Å². The Morgan fingerprint density at radius 2 is 2.00 bits per heavy atom. The van der Waals surface area contributed by atoms with Gasteiger partial charge in [0.15, 0.2) is 0 Å². The number of hydrogen-bond donors (Lipinski definition) is 0. The lowest BCUT2D eigenvalue weighted by Crippen LogP contribution is -2.39. The van der Waals surface area contributed by atoms with E-state index < -0.39 is 5.41 Å². The Balaban J connectivity index is 4.97. The van der Waals surface area contributed by atoms with Crippen molar-refractivity contribution < 1.29 is 14.4 Å². The van der Waals surface area contributed by atoms with E-state index in [1.54, 1.807) is 0 Å². The van der Waals surface area contributed by atoms with Crippen LogP contribution in [0.1, 0.15) is 6.42 Å². The summed E-state index contributed by atoms with van der Waals surface area (Å²) in [6.07, 6.45) is 3.47. The molecule has 0 fully saturated rings. The third-order valence-corrected chi connectivity index (χ3v) is 2.11. The molecule has 0 heterocycles. The number of nitrogens with zero attached hydrogens (tertiary/aromatic N) is 1. The van der Waals surface area contributed by atoms with Crippen molar-refractivity contribution in [2.75, 3.05) is 14.2 Å². The van der Waals surface area contributed by atoms with Crippen molar-refractivity contribution in [1.82, 2.24) is 5.06 Å². The molecule has 14 heavy (non-hydrogen) atoms. The number of rotatable bonds is 6. The zero-order valence-electron chi connectivity index (χ0n) is 8.53. The van der Waals surface area contributed by atoms with Gasteiger partial charge in [0, 0.05) is 13.5 Å². The quantitative estimate of drug-likeness (QED) is 0.362. The summed E-state index contributed by atoms with van der Waals surface area (Å²) in [5.41, 5.74) is -1.06. The van der Waals surface area contributed by atoms with Gasteiger partial charge in [-0.1, -0.05) is 12.2 Å². The molecule has 0 unspecified atom stereocenters. The van der Waals surface area contributed by atoms with E-state index in [9.17, 15) is 9.59 Å². The number of amides is 1. The maximum atomic E-state index is 11.7. The molecule has 0 saturated heterocycles. The zero-order chi connectivity index (χ0) is 11.2. The molecule has 0 N–H and O–H groups in total. The molecular weight excluding hydrogens is 182 g/mol. The summed E-state index contributed by atoms with van der Waals surface area (Å²) in [5.74, 6) is -0.364. The minimum absolute atomic E-state index is 0.0204. The van der Waals surface area contributed by atoms with Gasteiger partial charge >= 0.3 is 0 Å². The topological polar surface area (TPSA) is 46.6 Å². The van der Waals surface area contributed by atoms with Crippen molar-refractivity contribution >= 4 is 12.2 Å². The number of hydroxylamine groups is 2. The van der Waals surface area contributed by atoms with Crippen molar-refractivity contribution in [3.63, 3.8) is 0 Å². The fourth-order valence-electron chi connectivity index (χ4n) is 1.03. The molecule has 0 bridgehead atoms. The van der Waals surface area contributed by atoms with Gasteiger partial charge in [0.2, 0.25) is 0 Å². The second kappa shape index (κ2) is 5.34. The molecule has 0 rings (SSSR count). The Kier molecular flexibility index (Phi) is 4.80. The normalized spacial score (nSPS) is 10.4. The van der Waals surface area contributed by atoms with Crippen LogP contribution in [0.2, 0.25) is 0 Å². The molecule has 0 atom stereocenters. The van der Waals surface area contributed by atoms with Crippen LogP contribution in [0.25, 0.3) is 0 Å². The number of carbonyl (C=O) groups is 2. The van der Waals surface area contributed by atoms with Crippen LogP contribution >= 0.6 is 0 Å². The van der Waals surface area contributed by atoms with Gasteiger partial charge in [-0.3, -0.25) is 9.63 Å². The monoisotopic (exact) mass is 197 g/mol. The minimum Gasteiger partial charge on any atom is -0.303 e. The smallest absolute Gasteiger partial charge is 0.260 e. The van der Waals surface area contributed by atoms with E-state index in [1.807, 2.05) is 0 Å². The van der Waals surface area contributed by atoms with Gasteiger partial charge in [0.1, 0.15) is 6.29 Å². The Labute approximate surface area is 83.8 Å². The van der Waals surface area contributed by atoms with Gasteiger partial charge in [-0.2, -0.15) is 0 Å². The molecule has 0 aliphatic rings. The highest BCUT2D eigenvalue weighted by Gasteiger charge is 2.34. The highest BCUT2D eigenvalue weighted by Crippen LogP contribution is 2.26. The van der Waals surface area contributed by atoms with Crippen molar-refractivity contribution in [1.29, 1.82) is 0 Å². The number of hydrogen-bond acceptors (Lipinski definition) is 3.